The van der Waals surface area contributed by atoms with Crippen molar-refractivity contribution in [2.45, 2.75) is 29.8 Å². The molecule has 2 aliphatic rings. The molecular formula is C32H36ClN5O5S. The molecule has 0 spiro atoms. The van der Waals surface area contributed by atoms with Gasteiger partial charge < -0.3 is 14.5 Å². The van der Waals surface area contributed by atoms with Gasteiger partial charge in [-0.2, -0.15) is 3.97 Å². The smallest absolute Gasteiger partial charge is 0.344 e. The monoisotopic (exact) mass is 637 g/mol. The molecule has 2 aliphatic heterocycles. The summed E-state index contributed by atoms with van der Waals surface area (Å²) in [5.41, 5.74) is 0.140. The maximum absolute atomic E-state index is 14.4. The molecule has 10 nitrogen and oxygen atoms in total. The molecule has 44 heavy (non-hydrogen) atoms. The van der Waals surface area contributed by atoms with Crippen LogP contribution in [0.4, 0.5) is 0 Å². The highest BCUT2D eigenvalue weighted by atomic mass is 35.5. The van der Waals surface area contributed by atoms with E-state index >= 15 is 0 Å². The number of hydrogen-bond acceptors (Lipinski definition) is 7. The molecule has 6 rings (SSSR count). The van der Waals surface area contributed by atoms with Gasteiger partial charge in [-0.15, -0.1) is 0 Å². The van der Waals surface area contributed by atoms with Crippen LogP contribution in [-0.2, 0) is 14.8 Å². The van der Waals surface area contributed by atoms with Crippen molar-refractivity contribution in [1.29, 1.82) is 0 Å². The van der Waals surface area contributed by atoms with Crippen molar-refractivity contribution < 1.29 is 17.9 Å². The molecule has 0 aliphatic carbocycles. The van der Waals surface area contributed by atoms with Gasteiger partial charge in [-0.05, 0) is 81.0 Å². The molecule has 12 heteroatoms. The Hall–Kier alpha value is -3.64. The molecule has 4 aromatic rings. The average molecular weight is 638 g/mol. The summed E-state index contributed by atoms with van der Waals surface area (Å²) in [5, 5.41) is 0.265. The lowest BCUT2D eigenvalue weighted by Gasteiger charge is -2.42. The van der Waals surface area contributed by atoms with Crippen molar-refractivity contribution in [3.63, 3.8) is 0 Å². The summed E-state index contributed by atoms with van der Waals surface area (Å²) in [5.74, 6) is 0.226. The summed E-state index contributed by atoms with van der Waals surface area (Å²) >= 11 is 6.34. The summed E-state index contributed by atoms with van der Waals surface area (Å²) < 4.78 is 35.2. The number of hydrogen-bond donors (Lipinski definition) is 0. The van der Waals surface area contributed by atoms with Crippen molar-refractivity contribution in [3.8, 4) is 5.75 Å². The maximum Gasteiger partial charge on any atom is 0.344 e. The van der Waals surface area contributed by atoms with E-state index in [-0.39, 0.29) is 21.3 Å². The first-order valence-electron chi connectivity index (χ1n) is 14.8. The van der Waals surface area contributed by atoms with E-state index in [1.807, 2.05) is 18.2 Å². The number of carbonyl (C=O) groups excluding carboxylic acids is 1. The minimum absolute atomic E-state index is 0.0907. The Balaban J connectivity index is 1.41. The lowest BCUT2D eigenvalue weighted by molar-refractivity contribution is -0.135. The predicted octanol–water partition coefficient (Wildman–Crippen LogP) is 3.53. The molecule has 0 radical (unpaired) electrons. The van der Waals surface area contributed by atoms with Crippen LogP contribution in [0.2, 0.25) is 5.02 Å². The largest absolute Gasteiger partial charge is 0.497 e. The number of aromatic nitrogens is 2. The number of rotatable bonds is 7. The topological polar surface area (TPSA) is 97.1 Å². The number of imidazole rings is 1. The van der Waals surface area contributed by atoms with Gasteiger partial charge in [0.15, 0.2) is 0 Å². The van der Waals surface area contributed by atoms with Crippen LogP contribution in [0.25, 0.3) is 11.0 Å². The number of benzene rings is 3. The van der Waals surface area contributed by atoms with Gasteiger partial charge in [0.1, 0.15) is 11.8 Å². The van der Waals surface area contributed by atoms with Gasteiger partial charge in [0.25, 0.3) is 15.9 Å². The summed E-state index contributed by atoms with van der Waals surface area (Å²) in [6.07, 6.45) is 2.22. The summed E-state index contributed by atoms with van der Waals surface area (Å²) in [6.45, 7) is 4.68. The first kappa shape index (κ1) is 30.4. The molecule has 0 N–H and O–H groups in total. The lowest BCUT2D eigenvalue weighted by Crippen LogP contribution is -2.55. The number of likely N-dealkylation sites (tertiary alicyclic amines) is 1. The fourth-order valence-corrected chi connectivity index (χ4v) is 7.94. The fourth-order valence-electron chi connectivity index (χ4n) is 6.38. The second-order valence-electron chi connectivity index (χ2n) is 11.4. The van der Waals surface area contributed by atoms with Crippen molar-refractivity contribution in [2.24, 2.45) is 0 Å². The van der Waals surface area contributed by atoms with E-state index in [1.165, 1.54) is 42.0 Å². The highest BCUT2D eigenvalue weighted by Gasteiger charge is 2.36. The third-order valence-electron chi connectivity index (χ3n) is 8.83. The van der Waals surface area contributed by atoms with Gasteiger partial charge in [0.2, 0.25) is 0 Å². The Morgan fingerprint density at radius 2 is 1.55 bits per heavy atom. The Kier molecular flexibility index (Phi) is 8.56. The van der Waals surface area contributed by atoms with Crippen molar-refractivity contribution in [3.05, 3.63) is 93.9 Å². The molecule has 1 aromatic heterocycles. The Morgan fingerprint density at radius 3 is 2.18 bits per heavy atom. The number of methoxy groups -OCH3 is 1. The van der Waals surface area contributed by atoms with Crippen LogP contribution in [0.15, 0.2) is 82.5 Å². The minimum Gasteiger partial charge on any atom is -0.497 e. The minimum atomic E-state index is -4.37. The standard InChI is InChI=1S/C32H36ClN5O5S/c1-34-16-14-25(15-17-34)35-18-20-36(21-19-35)31(39)30(23-6-4-3-5-7-23)37-28-13-8-24(33)22-29(28)38(32(37)40)44(41,42)27-11-9-26(43-2)10-12-27/h3-13,22,25,30H,14-21H2,1-2H3. The second-order valence-corrected chi connectivity index (χ2v) is 13.7. The van der Waals surface area contributed by atoms with E-state index in [1.54, 1.807) is 29.2 Å². The molecule has 2 fully saturated rings. The van der Waals surface area contributed by atoms with Crippen LogP contribution >= 0.6 is 11.6 Å². The molecule has 232 valence electrons. The lowest BCUT2D eigenvalue weighted by atomic mass is 10.0. The van der Waals surface area contributed by atoms with Gasteiger partial charge in [-0.1, -0.05) is 41.9 Å². The summed E-state index contributed by atoms with van der Waals surface area (Å²) in [4.78, 5) is 35.3. The molecular weight excluding hydrogens is 602 g/mol. The van der Waals surface area contributed by atoms with Gasteiger partial charge in [-0.25, -0.2) is 13.2 Å². The number of fused-ring (bicyclic) bond motifs is 1. The average Bonchev–Trinajstić information content (AvgIpc) is 3.33. The van der Waals surface area contributed by atoms with Crippen LogP contribution in [-0.4, -0.2) is 97.0 Å². The number of ether oxygens (including phenoxy) is 1. The zero-order chi connectivity index (χ0) is 31.0. The summed E-state index contributed by atoms with van der Waals surface area (Å²) in [6, 6.07) is 18.9. The van der Waals surface area contributed by atoms with Crippen LogP contribution in [0, 0.1) is 0 Å². The number of carbonyl (C=O) groups is 1. The number of amides is 1. The van der Waals surface area contributed by atoms with E-state index in [0.717, 1.165) is 43.0 Å². The highest BCUT2D eigenvalue weighted by Crippen LogP contribution is 2.30. The third kappa shape index (κ3) is 5.65. The second kappa shape index (κ2) is 12.4. The zero-order valence-corrected chi connectivity index (χ0v) is 26.4. The normalized spacial score (nSPS) is 18.0. The molecule has 0 saturated carbocycles. The molecule has 3 heterocycles. The van der Waals surface area contributed by atoms with Gasteiger partial charge >= 0.3 is 5.69 Å². The molecule has 1 atom stereocenters. The Labute approximate surface area is 262 Å². The van der Waals surface area contributed by atoms with Crippen LogP contribution < -0.4 is 10.4 Å². The Bertz CT molecular complexity index is 1810. The van der Waals surface area contributed by atoms with Crippen molar-refractivity contribution in [1.82, 2.24) is 23.2 Å². The Morgan fingerprint density at radius 1 is 0.886 bits per heavy atom. The van der Waals surface area contributed by atoms with Gasteiger partial charge in [-0.3, -0.25) is 14.3 Å². The van der Waals surface area contributed by atoms with E-state index in [0.29, 0.717) is 36.0 Å². The van der Waals surface area contributed by atoms with E-state index in [4.69, 9.17) is 16.3 Å². The van der Waals surface area contributed by atoms with Gasteiger partial charge in [0.05, 0.1) is 23.0 Å². The molecule has 1 amide bonds. The van der Waals surface area contributed by atoms with Crippen molar-refractivity contribution >= 4 is 38.6 Å². The number of piperidine rings is 1. The molecule has 3 aromatic carbocycles. The number of nitrogens with zero attached hydrogens (tertiary/aromatic N) is 5. The fraction of sp³-hybridized carbons (Fsp3) is 0.375. The van der Waals surface area contributed by atoms with Gasteiger partial charge in [0, 0.05) is 37.2 Å². The molecule has 1 unspecified atom stereocenters. The quantitative estimate of drug-likeness (QED) is 0.306. The predicted molar refractivity (Wildman–Crippen MR) is 170 cm³/mol. The highest BCUT2D eigenvalue weighted by molar-refractivity contribution is 7.90. The van der Waals surface area contributed by atoms with E-state index < -0.39 is 21.8 Å². The third-order valence-corrected chi connectivity index (χ3v) is 10.8. The number of halogens is 1. The molecule has 0 bridgehead atoms. The zero-order valence-electron chi connectivity index (χ0n) is 24.8. The van der Waals surface area contributed by atoms with Crippen LogP contribution in [0.1, 0.15) is 24.4 Å². The maximum atomic E-state index is 14.4. The number of piperazine rings is 1. The van der Waals surface area contributed by atoms with Crippen molar-refractivity contribution in [2.75, 3.05) is 53.4 Å². The van der Waals surface area contributed by atoms with E-state index in [2.05, 4.69) is 16.8 Å². The SMILES string of the molecule is COc1ccc(S(=O)(=O)n2c(=O)n(C(C(=O)N3CCN(C4CCN(C)CC4)CC3)c3ccccc3)c3ccc(Cl)cc32)cc1. The first-order valence-corrected chi connectivity index (χ1v) is 16.6. The van der Waals surface area contributed by atoms with Crippen LogP contribution in [0.5, 0.6) is 5.75 Å². The summed E-state index contributed by atoms with van der Waals surface area (Å²) in [7, 11) is -0.743. The molecule has 2 saturated heterocycles. The first-order chi connectivity index (χ1) is 21.2. The van der Waals surface area contributed by atoms with Crippen LogP contribution in [0.3, 0.4) is 0 Å². The van der Waals surface area contributed by atoms with E-state index in [9.17, 15) is 18.0 Å².